The van der Waals surface area contributed by atoms with Gasteiger partial charge < -0.3 is 0 Å². The van der Waals surface area contributed by atoms with Crippen LogP contribution in [0.4, 0.5) is 0 Å². The van der Waals surface area contributed by atoms with Crippen molar-refractivity contribution in [1.82, 2.24) is 0 Å². The van der Waals surface area contributed by atoms with Gasteiger partial charge in [0.25, 0.3) is 0 Å². The van der Waals surface area contributed by atoms with Crippen molar-refractivity contribution < 1.29 is 0 Å². The quantitative estimate of drug-likeness (QED) is 0.493. The molecule has 0 amide bonds. The minimum absolute atomic E-state index is 0.530. The van der Waals surface area contributed by atoms with Crippen LogP contribution in [0.1, 0.15) is 4.44 Å². The van der Waals surface area contributed by atoms with E-state index in [4.69, 9.17) is 0 Å². The number of hydrogen-bond donors (Lipinski definition) is 0. The van der Waals surface area contributed by atoms with Crippen molar-refractivity contribution in [3.05, 3.63) is 43.1 Å². The molecule has 0 aliphatic rings. The van der Waals surface area contributed by atoms with E-state index in [1.807, 2.05) is 0 Å². The number of aryl methyl sites for hydroxylation is 1. The van der Waals surface area contributed by atoms with E-state index in [0.29, 0.717) is 43.5 Å². The molecule has 0 N–H and O–H groups in total. The average Bonchev–Trinajstić information content (AvgIpc) is 2.97. The first-order valence-corrected chi connectivity index (χ1v) is 11.3. The Balaban J connectivity index is 2.15. The van der Waals surface area contributed by atoms with Crippen molar-refractivity contribution in [2.75, 3.05) is 0 Å². The maximum atomic E-state index is 3.69. The molecule has 0 saturated carbocycles. The fourth-order valence-electron chi connectivity index (χ4n) is 1.71. The molecule has 4 heteroatoms. The van der Waals surface area contributed by atoms with Crippen molar-refractivity contribution in [2.24, 2.45) is 0 Å². The van der Waals surface area contributed by atoms with Crippen LogP contribution in [0, 0.1) is 6.92 Å². The van der Waals surface area contributed by atoms with Gasteiger partial charge in [-0.2, -0.15) is 0 Å². The summed E-state index contributed by atoms with van der Waals surface area (Å²) in [6.45, 7) is 2.24. The molecule has 0 bridgehead atoms. The van der Waals surface area contributed by atoms with E-state index in [1.54, 1.807) is 13.3 Å². The summed E-state index contributed by atoms with van der Waals surface area (Å²) < 4.78 is 7.60. The van der Waals surface area contributed by atoms with Crippen LogP contribution in [0.5, 0.6) is 0 Å². The van der Waals surface area contributed by atoms with Crippen LogP contribution in [0.3, 0.4) is 0 Å². The molecular formula is C13H9BrSe3. The topological polar surface area (TPSA) is 0 Å². The molecule has 0 spiro atoms. The van der Waals surface area contributed by atoms with Crippen molar-refractivity contribution in [2.45, 2.75) is 6.92 Å². The van der Waals surface area contributed by atoms with Crippen LogP contribution < -0.4 is 0 Å². The van der Waals surface area contributed by atoms with Crippen LogP contribution >= 0.6 is 15.9 Å². The van der Waals surface area contributed by atoms with Crippen LogP contribution in [-0.2, 0) is 0 Å². The van der Waals surface area contributed by atoms with Gasteiger partial charge >= 0.3 is 128 Å². The second-order valence-electron chi connectivity index (χ2n) is 3.67. The summed E-state index contributed by atoms with van der Waals surface area (Å²) in [6, 6.07) is 9.16. The fraction of sp³-hybridized carbons (Fsp3) is 0.0769. The first kappa shape index (κ1) is 12.5. The second kappa shape index (κ2) is 5.23. The molecule has 86 valence electrons. The van der Waals surface area contributed by atoms with Gasteiger partial charge in [0.1, 0.15) is 0 Å². The summed E-state index contributed by atoms with van der Waals surface area (Å²) >= 11 is 5.31. The van der Waals surface area contributed by atoms with Crippen LogP contribution in [0.15, 0.2) is 38.6 Å². The molecule has 0 aromatic carbocycles. The van der Waals surface area contributed by atoms with Crippen LogP contribution in [0.25, 0.3) is 18.9 Å². The van der Waals surface area contributed by atoms with E-state index in [0.717, 1.165) is 0 Å². The second-order valence-corrected chi connectivity index (χ2v) is 11.1. The van der Waals surface area contributed by atoms with E-state index in [1.165, 1.54) is 14.5 Å². The Hall–Kier alpha value is 0.478. The SMILES string of the molecule is Cc1ccc(-c2cc[se]c2-c2[se]ccc2Br)[se]1. The molecular weight excluding hydrogens is 473 g/mol. The van der Waals surface area contributed by atoms with Crippen LogP contribution in [-0.4, -0.2) is 43.5 Å². The molecule has 0 atom stereocenters. The Kier molecular flexibility index (Phi) is 3.85. The zero-order valence-electron chi connectivity index (χ0n) is 9.07. The van der Waals surface area contributed by atoms with Crippen molar-refractivity contribution in [3.63, 3.8) is 0 Å². The Labute approximate surface area is 127 Å². The molecule has 0 unspecified atom stereocenters. The molecule has 0 radical (unpaired) electrons. The summed E-state index contributed by atoms with van der Waals surface area (Å²) in [7, 11) is 0. The van der Waals surface area contributed by atoms with Gasteiger partial charge in [0.2, 0.25) is 0 Å². The van der Waals surface area contributed by atoms with Crippen molar-refractivity contribution in [1.29, 1.82) is 0 Å². The number of halogens is 1. The molecule has 3 aromatic heterocycles. The van der Waals surface area contributed by atoms with Gasteiger partial charge in [-0.05, 0) is 0 Å². The summed E-state index contributed by atoms with van der Waals surface area (Å²) in [4.78, 5) is 4.67. The summed E-state index contributed by atoms with van der Waals surface area (Å²) in [5, 5.41) is 0. The van der Waals surface area contributed by atoms with Crippen molar-refractivity contribution >= 4 is 59.4 Å². The summed E-state index contributed by atoms with van der Waals surface area (Å²) in [5.74, 6) is 0. The van der Waals surface area contributed by atoms with E-state index in [9.17, 15) is 0 Å². The van der Waals surface area contributed by atoms with E-state index in [2.05, 4.69) is 57.0 Å². The third-order valence-corrected chi connectivity index (χ3v) is 10.5. The van der Waals surface area contributed by atoms with Gasteiger partial charge in [0.15, 0.2) is 0 Å². The Bertz CT molecular complexity index is 645. The maximum absolute atomic E-state index is 3.69. The van der Waals surface area contributed by atoms with E-state index in [-0.39, 0.29) is 0 Å². The third kappa shape index (κ3) is 2.46. The first-order chi connectivity index (χ1) is 8.25. The zero-order valence-corrected chi connectivity index (χ0v) is 15.8. The molecule has 3 rings (SSSR count). The molecule has 3 heterocycles. The van der Waals surface area contributed by atoms with Crippen LogP contribution in [0.2, 0.25) is 0 Å². The standard InChI is InChI=1S/C13H9BrSe3/c1-8-2-3-11(17-8)9-4-6-15-12(9)13-10(14)5-7-16-13/h2-7H,1H3. The molecule has 17 heavy (non-hydrogen) atoms. The average molecular weight is 482 g/mol. The monoisotopic (exact) mass is 484 g/mol. The number of rotatable bonds is 2. The predicted molar refractivity (Wildman–Crippen MR) is 80.6 cm³/mol. The normalized spacial score (nSPS) is 10.9. The van der Waals surface area contributed by atoms with Gasteiger partial charge in [0.05, 0.1) is 0 Å². The molecule has 0 aliphatic heterocycles. The van der Waals surface area contributed by atoms with Gasteiger partial charge in [-0.1, -0.05) is 0 Å². The Morgan fingerprint density at radius 3 is 2.35 bits per heavy atom. The Morgan fingerprint density at radius 2 is 1.71 bits per heavy atom. The molecule has 0 aliphatic carbocycles. The van der Waals surface area contributed by atoms with Gasteiger partial charge in [-0.3, -0.25) is 0 Å². The third-order valence-electron chi connectivity index (χ3n) is 2.49. The van der Waals surface area contributed by atoms with Gasteiger partial charge in [-0.25, -0.2) is 0 Å². The Morgan fingerprint density at radius 1 is 0.941 bits per heavy atom. The summed E-state index contributed by atoms with van der Waals surface area (Å²) in [6.07, 6.45) is 0. The van der Waals surface area contributed by atoms with E-state index < -0.39 is 0 Å². The van der Waals surface area contributed by atoms with E-state index >= 15 is 0 Å². The predicted octanol–water partition coefficient (Wildman–Crippen LogP) is 3.26. The molecule has 3 aromatic rings. The summed E-state index contributed by atoms with van der Waals surface area (Å²) in [5.41, 5.74) is 1.52. The van der Waals surface area contributed by atoms with Gasteiger partial charge in [0, 0.05) is 0 Å². The van der Waals surface area contributed by atoms with Gasteiger partial charge in [-0.15, -0.1) is 0 Å². The number of hydrogen-bond acceptors (Lipinski definition) is 0. The first-order valence-electron chi connectivity index (χ1n) is 5.13. The fourth-order valence-corrected chi connectivity index (χ4v) is 9.84. The minimum atomic E-state index is 0.530. The molecule has 0 saturated heterocycles. The molecule has 0 fully saturated rings. The zero-order chi connectivity index (χ0) is 11.8. The molecule has 0 nitrogen and oxygen atoms in total. The van der Waals surface area contributed by atoms with Crippen molar-refractivity contribution in [3.8, 4) is 18.9 Å².